The SMILES string of the molecule is O=C(Cn1c(=O)oc2cc([N+](=O)[O-])ccc21)Nc1ccc(Cn2cncn2)cc1. The van der Waals surface area contributed by atoms with Gasteiger partial charge in [0.25, 0.3) is 5.69 Å². The van der Waals surface area contributed by atoms with Crippen LogP contribution in [0.2, 0.25) is 0 Å². The van der Waals surface area contributed by atoms with Gasteiger partial charge in [-0.2, -0.15) is 5.10 Å². The van der Waals surface area contributed by atoms with E-state index < -0.39 is 16.6 Å². The van der Waals surface area contributed by atoms with Crippen molar-refractivity contribution in [3.63, 3.8) is 0 Å². The van der Waals surface area contributed by atoms with Crippen molar-refractivity contribution < 1.29 is 14.1 Å². The molecule has 0 unspecified atom stereocenters. The minimum atomic E-state index is -0.765. The van der Waals surface area contributed by atoms with Crippen molar-refractivity contribution in [2.24, 2.45) is 0 Å². The number of oxazole rings is 1. The molecule has 146 valence electrons. The van der Waals surface area contributed by atoms with Crippen LogP contribution in [0.3, 0.4) is 0 Å². The van der Waals surface area contributed by atoms with Gasteiger partial charge in [0.15, 0.2) is 5.58 Å². The van der Waals surface area contributed by atoms with Crippen molar-refractivity contribution in [2.75, 3.05) is 5.32 Å². The lowest BCUT2D eigenvalue weighted by atomic mass is 10.2. The molecule has 4 rings (SSSR count). The summed E-state index contributed by atoms with van der Waals surface area (Å²) in [6, 6.07) is 10.9. The van der Waals surface area contributed by atoms with E-state index in [0.29, 0.717) is 17.7 Å². The summed E-state index contributed by atoms with van der Waals surface area (Å²) in [6.45, 7) is 0.265. The Hall–Kier alpha value is -4.28. The lowest BCUT2D eigenvalue weighted by molar-refractivity contribution is -0.384. The molecule has 0 saturated carbocycles. The monoisotopic (exact) mass is 394 g/mol. The molecule has 0 spiro atoms. The molecular formula is C18H14N6O5. The Morgan fingerprint density at radius 1 is 1.21 bits per heavy atom. The van der Waals surface area contributed by atoms with Crippen LogP contribution < -0.4 is 11.1 Å². The zero-order chi connectivity index (χ0) is 20.4. The number of rotatable bonds is 6. The van der Waals surface area contributed by atoms with Gasteiger partial charge in [-0.15, -0.1) is 0 Å². The highest BCUT2D eigenvalue weighted by atomic mass is 16.6. The van der Waals surface area contributed by atoms with E-state index in [1.165, 1.54) is 18.5 Å². The van der Waals surface area contributed by atoms with E-state index in [4.69, 9.17) is 4.42 Å². The Balaban J connectivity index is 1.46. The summed E-state index contributed by atoms with van der Waals surface area (Å²) in [5.41, 5.74) is 1.70. The standard InChI is InChI=1S/C18H14N6O5/c25-17(21-13-3-1-12(2-4-13)8-22-11-19-10-20-22)9-23-15-6-5-14(24(27)28)7-16(15)29-18(23)26/h1-7,10-11H,8-9H2,(H,21,25). The Labute approximate surface area is 162 Å². The van der Waals surface area contributed by atoms with Crippen LogP contribution in [-0.4, -0.2) is 30.2 Å². The number of hydrogen-bond donors (Lipinski definition) is 1. The number of nitrogens with zero attached hydrogens (tertiary/aromatic N) is 5. The maximum Gasteiger partial charge on any atom is 0.420 e. The molecule has 2 aromatic carbocycles. The normalized spacial score (nSPS) is 10.9. The molecule has 0 saturated heterocycles. The van der Waals surface area contributed by atoms with Crippen LogP contribution in [0.25, 0.3) is 11.1 Å². The van der Waals surface area contributed by atoms with Gasteiger partial charge in [0.1, 0.15) is 19.2 Å². The predicted molar refractivity (Wildman–Crippen MR) is 101 cm³/mol. The molecule has 0 aliphatic heterocycles. The minimum Gasteiger partial charge on any atom is -0.407 e. The van der Waals surface area contributed by atoms with E-state index in [2.05, 4.69) is 15.4 Å². The minimum absolute atomic E-state index is 0.0504. The molecule has 0 aliphatic rings. The number of anilines is 1. The summed E-state index contributed by atoms with van der Waals surface area (Å²) in [4.78, 5) is 38.5. The maximum atomic E-state index is 12.3. The van der Waals surface area contributed by atoms with Gasteiger partial charge in [-0.1, -0.05) is 12.1 Å². The number of non-ortho nitro benzene ring substituents is 1. The summed E-state index contributed by atoms with van der Waals surface area (Å²) < 4.78 is 7.81. The number of hydrogen-bond acceptors (Lipinski definition) is 7. The van der Waals surface area contributed by atoms with Gasteiger partial charge in [0.2, 0.25) is 5.91 Å². The van der Waals surface area contributed by atoms with Crippen LogP contribution in [0.1, 0.15) is 5.56 Å². The van der Waals surface area contributed by atoms with Crippen LogP contribution in [0, 0.1) is 10.1 Å². The van der Waals surface area contributed by atoms with Gasteiger partial charge in [-0.25, -0.2) is 14.5 Å². The number of nitro benzene ring substituents is 1. The van der Waals surface area contributed by atoms with Crippen molar-refractivity contribution in [2.45, 2.75) is 13.1 Å². The molecule has 0 bridgehead atoms. The zero-order valence-corrected chi connectivity index (χ0v) is 14.9. The smallest absolute Gasteiger partial charge is 0.407 e. The fourth-order valence-corrected chi connectivity index (χ4v) is 2.86. The third-order valence-electron chi connectivity index (χ3n) is 4.21. The first-order chi connectivity index (χ1) is 14.0. The van der Waals surface area contributed by atoms with Gasteiger partial charge in [0, 0.05) is 11.8 Å². The number of nitro groups is 1. The highest BCUT2D eigenvalue weighted by Crippen LogP contribution is 2.20. The van der Waals surface area contributed by atoms with Crippen molar-refractivity contribution in [1.29, 1.82) is 0 Å². The first-order valence-electron chi connectivity index (χ1n) is 8.48. The van der Waals surface area contributed by atoms with Gasteiger partial charge in [-0.3, -0.25) is 19.5 Å². The number of carbonyl (C=O) groups is 1. The first kappa shape index (κ1) is 18.1. The van der Waals surface area contributed by atoms with Crippen molar-refractivity contribution >= 4 is 28.4 Å². The Morgan fingerprint density at radius 2 is 2.00 bits per heavy atom. The molecule has 11 heteroatoms. The molecule has 2 heterocycles. The number of aromatic nitrogens is 4. The number of fused-ring (bicyclic) bond motifs is 1. The van der Waals surface area contributed by atoms with E-state index in [-0.39, 0.29) is 17.8 Å². The van der Waals surface area contributed by atoms with E-state index in [0.717, 1.165) is 16.2 Å². The van der Waals surface area contributed by atoms with Crippen LogP contribution in [0.5, 0.6) is 0 Å². The van der Waals surface area contributed by atoms with Gasteiger partial charge >= 0.3 is 5.76 Å². The lowest BCUT2D eigenvalue weighted by Crippen LogP contribution is -2.24. The molecule has 0 fully saturated rings. The fraction of sp³-hybridized carbons (Fsp3) is 0.111. The summed E-state index contributed by atoms with van der Waals surface area (Å²) in [7, 11) is 0. The molecule has 2 aromatic heterocycles. The number of nitrogens with one attached hydrogen (secondary N) is 1. The summed E-state index contributed by atoms with van der Waals surface area (Å²) >= 11 is 0. The Kier molecular flexibility index (Phi) is 4.61. The number of amides is 1. The van der Waals surface area contributed by atoms with Gasteiger partial charge in [-0.05, 0) is 23.8 Å². The second-order valence-electron chi connectivity index (χ2n) is 6.20. The molecule has 1 N–H and O–H groups in total. The number of benzene rings is 2. The van der Waals surface area contributed by atoms with Crippen LogP contribution in [-0.2, 0) is 17.9 Å². The lowest BCUT2D eigenvalue weighted by Gasteiger charge is -2.07. The summed E-state index contributed by atoms with van der Waals surface area (Å²) in [5, 5.41) is 17.6. The van der Waals surface area contributed by atoms with E-state index in [1.807, 2.05) is 12.1 Å². The zero-order valence-electron chi connectivity index (χ0n) is 14.9. The molecule has 0 aliphatic carbocycles. The molecule has 4 aromatic rings. The highest BCUT2D eigenvalue weighted by molar-refractivity contribution is 5.91. The molecule has 29 heavy (non-hydrogen) atoms. The molecule has 0 radical (unpaired) electrons. The molecule has 11 nitrogen and oxygen atoms in total. The van der Waals surface area contributed by atoms with E-state index in [1.54, 1.807) is 23.1 Å². The van der Waals surface area contributed by atoms with Gasteiger partial charge in [0.05, 0.1) is 23.1 Å². The largest absolute Gasteiger partial charge is 0.420 e. The number of carbonyl (C=O) groups excluding carboxylic acids is 1. The maximum absolute atomic E-state index is 12.3. The van der Waals surface area contributed by atoms with E-state index in [9.17, 15) is 19.7 Å². The molecule has 1 amide bonds. The second-order valence-corrected chi connectivity index (χ2v) is 6.20. The topological polar surface area (TPSA) is 138 Å². The average Bonchev–Trinajstić information content (AvgIpc) is 3.31. The van der Waals surface area contributed by atoms with E-state index >= 15 is 0 Å². The first-order valence-corrected chi connectivity index (χ1v) is 8.48. The third kappa shape index (κ3) is 3.88. The Bertz CT molecular complexity index is 1240. The van der Waals surface area contributed by atoms with Crippen LogP contribution >= 0.6 is 0 Å². The second kappa shape index (κ2) is 7.38. The average molecular weight is 394 g/mol. The third-order valence-corrected chi connectivity index (χ3v) is 4.21. The fourth-order valence-electron chi connectivity index (χ4n) is 2.86. The van der Waals surface area contributed by atoms with Gasteiger partial charge < -0.3 is 9.73 Å². The van der Waals surface area contributed by atoms with Crippen LogP contribution in [0.15, 0.2) is 64.3 Å². The molecule has 0 atom stereocenters. The highest BCUT2D eigenvalue weighted by Gasteiger charge is 2.16. The quantitative estimate of drug-likeness (QED) is 0.388. The predicted octanol–water partition coefficient (Wildman–Crippen LogP) is 1.78. The molecular weight excluding hydrogens is 380 g/mol. The van der Waals surface area contributed by atoms with Crippen molar-refractivity contribution in [3.8, 4) is 0 Å². The Morgan fingerprint density at radius 3 is 2.69 bits per heavy atom. The van der Waals surface area contributed by atoms with Crippen LogP contribution in [0.4, 0.5) is 11.4 Å². The van der Waals surface area contributed by atoms with Crippen molar-refractivity contribution in [1.82, 2.24) is 19.3 Å². The summed E-state index contributed by atoms with van der Waals surface area (Å²) in [5.74, 6) is -1.20. The van der Waals surface area contributed by atoms with Crippen molar-refractivity contribution in [3.05, 3.63) is 81.3 Å². The summed E-state index contributed by atoms with van der Waals surface area (Å²) in [6.07, 6.45) is 3.06.